The highest BCUT2D eigenvalue weighted by molar-refractivity contribution is 7.98. The van der Waals surface area contributed by atoms with Crippen molar-refractivity contribution in [1.82, 2.24) is 25.0 Å². The second-order valence-corrected chi connectivity index (χ2v) is 8.75. The average Bonchev–Trinajstić information content (AvgIpc) is 3.26. The molecular weight excluding hydrogens is 471 g/mol. The van der Waals surface area contributed by atoms with E-state index in [-0.39, 0.29) is 11.5 Å². The lowest BCUT2D eigenvalue weighted by Crippen LogP contribution is -2.17. The summed E-state index contributed by atoms with van der Waals surface area (Å²) in [5.74, 6) is 0.697. The lowest BCUT2D eigenvalue weighted by Gasteiger charge is -2.18. The first-order chi connectivity index (χ1) is 17.0. The molecule has 0 spiro atoms. The molecule has 178 valence electrons. The van der Waals surface area contributed by atoms with Crippen molar-refractivity contribution in [3.63, 3.8) is 0 Å². The first-order valence-corrected chi connectivity index (χ1v) is 11.8. The van der Waals surface area contributed by atoms with Crippen LogP contribution in [0.4, 0.5) is 10.1 Å². The van der Waals surface area contributed by atoms with E-state index in [1.807, 2.05) is 19.9 Å². The van der Waals surface area contributed by atoms with E-state index in [9.17, 15) is 9.18 Å². The van der Waals surface area contributed by atoms with Crippen molar-refractivity contribution < 1.29 is 18.7 Å². The number of nitrogens with zero attached hydrogens (tertiary/aromatic N) is 5. The smallest absolute Gasteiger partial charge is 0.278 e. The fourth-order valence-electron chi connectivity index (χ4n) is 3.60. The van der Waals surface area contributed by atoms with Crippen molar-refractivity contribution >= 4 is 23.4 Å². The molecule has 0 radical (unpaired) electrons. The minimum atomic E-state index is -0.438. The number of anilines is 1. The maximum atomic E-state index is 13.5. The Bertz CT molecular complexity index is 1370. The summed E-state index contributed by atoms with van der Waals surface area (Å²) < 4.78 is 26.1. The molecule has 11 heteroatoms. The van der Waals surface area contributed by atoms with E-state index in [2.05, 4.69) is 25.6 Å². The Morgan fingerprint density at radius 2 is 1.74 bits per heavy atom. The molecule has 0 saturated carbocycles. The topological polar surface area (TPSA) is 104 Å². The number of hydrogen-bond acceptors (Lipinski definition) is 8. The van der Waals surface area contributed by atoms with Gasteiger partial charge in [-0.15, -0.1) is 5.10 Å². The van der Waals surface area contributed by atoms with E-state index in [4.69, 9.17) is 9.47 Å². The largest absolute Gasteiger partial charge is 0.486 e. The molecule has 0 unspecified atom stereocenters. The predicted molar refractivity (Wildman–Crippen MR) is 128 cm³/mol. The van der Waals surface area contributed by atoms with Gasteiger partial charge in [-0.05, 0) is 56.3 Å². The van der Waals surface area contributed by atoms with Crippen LogP contribution in [-0.2, 0) is 5.75 Å². The standard InChI is InChI=1S/C24H21FN6O3S/c1-14-11-15(2)27-24(26-14)35-13-19-22(29-30-31(19)18-6-3-16(25)4-7-18)23(32)28-17-5-8-20-21(12-17)34-10-9-33-20/h3-8,11-12H,9-10,13H2,1-2H3,(H,28,32). The van der Waals surface area contributed by atoms with Crippen molar-refractivity contribution in [2.45, 2.75) is 24.8 Å². The van der Waals surface area contributed by atoms with Crippen LogP contribution in [0, 0.1) is 19.7 Å². The molecule has 0 bridgehead atoms. The Morgan fingerprint density at radius 1 is 1.03 bits per heavy atom. The maximum Gasteiger partial charge on any atom is 0.278 e. The minimum Gasteiger partial charge on any atom is -0.486 e. The van der Waals surface area contributed by atoms with E-state index in [1.165, 1.54) is 28.6 Å². The number of halogens is 1. The highest BCUT2D eigenvalue weighted by Gasteiger charge is 2.22. The molecule has 2 aromatic carbocycles. The number of nitrogens with one attached hydrogen (secondary N) is 1. The number of hydrogen-bond donors (Lipinski definition) is 1. The van der Waals surface area contributed by atoms with Crippen molar-refractivity contribution in [2.75, 3.05) is 18.5 Å². The molecular formula is C24H21FN6O3S. The number of carbonyl (C=O) groups excluding carboxylic acids is 1. The molecule has 1 aliphatic rings. The molecule has 35 heavy (non-hydrogen) atoms. The second-order valence-electron chi connectivity index (χ2n) is 7.81. The zero-order chi connectivity index (χ0) is 24.4. The van der Waals surface area contributed by atoms with Gasteiger partial charge < -0.3 is 14.8 Å². The van der Waals surface area contributed by atoms with E-state index in [1.54, 1.807) is 30.3 Å². The van der Waals surface area contributed by atoms with Gasteiger partial charge in [-0.25, -0.2) is 19.0 Å². The Kier molecular flexibility index (Phi) is 6.32. The average molecular weight is 493 g/mol. The zero-order valence-electron chi connectivity index (χ0n) is 19.0. The summed E-state index contributed by atoms with van der Waals surface area (Å²) >= 11 is 1.36. The number of aryl methyl sites for hydroxylation is 2. The quantitative estimate of drug-likeness (QED) is 0.317. The monoisotopic (exact) mass is 492 g/mol. The Hall–Kier alpha value is -3.99. The third kappa shape index (κ3) is 5.09. The van der Waals surface area contributed by atoms with Crippen molar-refractivity contribution in [3.8, 4) is 17.2 Å². The van der Waals surface area contributed by atoms with Gasteiger partial charge >= 0.3 is 0 Å². The van der Waals surface area contributed by atoms with E-state index in [0.717, 1.165) is 11.4 Å². The number of ether oxygens (including phenoxy) is 2. The molecule has 4 aromatic rings. The number of fused-ring (bicyclic) bond motifs is 1. The van der Waals surface area contributed by atoms with E-state index in [0.29, 0.717) is 52.7 Å². The van der Waals surface area contributed by atoms with Crippen molar-refractivity contribution in [1.29, 1.82) is 0 Å². The van der Waals surface area contributed by atoms with Gasteiger partial charge in [-0.3, -0.25) is 4.79 Å². The lowest BCUT2D eigenvalue weighted by atomic mass is 10.2. The summed E-state index contributed by atoms with van der Waals surface area (Å²) in [7, 11) is 0. The summed E-state index contributed by atoms with van der Waals surface area (Å²) in [4.78, 5) is 22.1. The number of benzene rings is 2. The molecule has 5 rings (SSSR count). The van der Waals surface area contributed by atoms with Crippen LogP contribution in [0.5, 0.6) is 11.5 Å². The van der Waals surface area contributed by atoms with E-state index >= 15 is 0 Å². The van der Waals surface area contributed by atoms with Crippen LogP contribution in [0.25, 0.3) is 5.69 Å². The van der Waals surface area contributed by atoms with Gasteiger partial charge in [-0.2, -0.15) is 0 Å². The Labute approximate surface area is 204 Å². The zero-order valence-corrected chi connectivity index (χ0v) is 19.8. The van der Waals surface area contributed by atoms with E-state index < -0.39 is 5.91 Å². The summed E-state index contributed by atoms with van der Waals surface area (Å²) in [6.07, 6.45) is 0. The Morgan fingerprint density at radius 3 is 2.49 bits per heavy atom. The highest BCUT2D eigenvalue weighted by atomic mass is 32.2. The minimum absolute atomic E-state index is 0.140. The molecule has 1 N–H and O–H groups in total. The maximum absolute atomic E-state index is 13.5. The fourth-order valence-corrected chi connectivity index (χ4v) is 4.54. The van der Waals surface area contributed by atoms with Gasteiger partial charge in [0.05, 0.1) is 11.4 Å². The van der Waals surface area contributed by atoms with Gasteiger partial charge in [0, 0.05) is 28.9 Å². The predicted octanol–water partition coefficient (Wildman–Crippen LogP) is 4.13. The van der Waals surface area contributed by atoms with Crippen LogP contribution in [0.15, 0.2) is 53.7 Å². The number of rotatable bonds is 6. The summed E-state index contributed by atoms with van der Waals surface area (Å²) in [6, 6.07) is 12.9. The fraction of sp³-hybridized carbons (Fsp3) is 0.208. The summed E-state index contributed by atoms with van der Waals surface area (Å²) in [5.41, 5.74) is 3.48. The van der Waals surface area contributed by atoms with Crippen LogP contribution in [0.2, 0.25) is 0 Å². The van der Waals surface area contributed by atoms with Crippen LogP contribution in [0.1, 0.15) is 27.6 Å². The van der Waals surface area contributed by atoms with Crippen LogP contribution < -0.4 is 14.8 Å². The summed E-state index contributed by atoms with van der Waals surface area (Å²) in [6.45, 7) is 4.72. The molecule has 0 saturated heterocycles. The number of thioether (sulfide) groups is 1. The molecule has 0 fully saturated rings. The number of amides is 1. The molecule has 1 amide bonds. The molecule has 0 atom stereocenters. The van der Waals surface area contributed by atoms with Gasteiger partial charge in [0.15, 0.2) is 22.3 Å². The second kappa shape index (κ2) is 9.71. The summed E-state index contributed by atoms with van der Waals surface area (Å²) in [5, 5.41) is 11.7. The number of carbonyl (C=O) groups is 1. The SMILES string of the molecule is Cc1cc(C)nc(SCc2c(C(=O)Nc3ccc4c(c3)OCCO4)nnn2-c2ccc(F)cc2)n1. The van der Waals surface area contributed by atoms with Gasteiger partial charge in [0.1, 0.15) is 19.0 Å². The van der Waals surface area contributed by atoms with Gasteiger partial charge in [0.2, 0.25) is 0 Å². The van der Waals surface area contributed by atoms with Crippen LogP contribution in [-0.4, -0.2) is 44.1 Å². The van der Waals surface area contributed by atoms with Crippen molar-refractivity contribution in [2.24, 2.45) is 0 Å². The molecule has 9 nitrogen and oxygen atoms in total. The molecule has 2 aromatic heterocycles. The third-order valence-corrected chi connectivity index (χ3v) is 6.01. The van der Waals surface area contributed by atoms with Crippen LogP contribution in [0.3, 0.4) is 0 Å². The first-order valence-electron chi connectivity index (χ1n) is 10.8. The molecule has 1 aliphatic heterocycles. The third-order valence-electron chi connectivity index (χ3n) is 5.15. The van der Waals surface area contributed by atoms with Gasteiger partial charge in [-0.1, -0.05) is 17.0 Å². The highest BCUT2D eigenvalue weighted by Crippen LogP contribution is 2.33. The molecule has 3 heterocycles. The Balaban J connectivity index is 1.45. The first kappa shape index (κ1) is 22.8. The lowest BCUT2D eigenvalue weighted by molar-refractivity contribution is 0.102. The number of aromatic nitrogens is 5. The normalized spacial score (nSPS) is 12.4. The van der Waals surface area contributed by atoms with Crippen molar-refractivity contribution in [3.05, 3.63) is 77.1 Å². The van der Waals surface area contributed by atoms with Crippen LogP contribution >= 0.6 is 11.8 Å². The molecule has 0 aliphatic carbocycles. The van der Waals surface area contributed by atoms with Gasteiger partial charge in [0.25, 0.3) is 5.91 Å².